The van der Waals surface area contributed by atoms with Gasteiger partial charge in [-0.3, -0.25) is 4.79 Å². The molecule has 28 heavy (non-hydrogen) atoms. The molecule has 1 aliphatic heterocycles. The summed E-state index contributed by atoms with van der Waals surface area (Å²) in [6, 6.07) is 4.06. The van der Waals surface area contributed by atoms with Gasteiger partial charge in [0.1, 0.15) is 17.3 Å². The van der Waals surface area contributed by atoms with Crippen LogP contribution in [0.1, 0.15) is 32.1 Å². The first kappa shape index (κ1) is 20.1. The molecule has 1 aliphatic carbocycles. The van der Waals surface area contributed by atoms with Crippen LogP contribution in [0.3, 0.4) is 0 Å². The SMILES string of the molecule is COC(=O)C1=C(Nc2cc(F)ccc2OC2CCCCC2)C(=O)N(CCO)C1. The van der Waals surface area contributed by atoms with Crippen molar-refractivity contribution in [2.45, 2.75) is 38.2 Å². The van der Waals surface area contributed by atoms with Crippen molar-refractivity contribution in [1.82, 2.24) is 4.90 Å². The Morgan fingerprint density at radius 1 is 1.32 bits per heavy atom. The van der Waals surface area contributed by atoms with Gasteiger partial charge in [-0.25, -0.2) is 9.18 Å². The summed E-state index contributed by atoms with van der Waals surface area (Å²) in [6.07, 6.45) is 5.24. The normalized spacial score (nSPS) is 17.8. The first-order valence-corrected chi connectivity index (χ1v) is 9.48. The third kappa shape index (κ3) is 4.44. The van der Waals surface area contributed by atoms with E-state index in [9.17, 15) is 14.0 Å². The van der Waals surface area contributed by atoms with E-state index in [4.69, 9.17) is 14.6 Å². The van der Waals surface area contributed by atoms with Crippen molar-refractivity contribution >= 4 is 17.6 Å². The predicted octanol–water partition coefficient (Wildman–Crippen LogP) is 2.21. The van der Waals surface area contributed by atoms with E-state index in [0.29, 0.717) is 5.75 Å². The largest absolute Gasteiger partial charge is 0.488 e. The van der Waals surface area contributed by atoms with Gasteiger partial charge in [-0.15, -0.1) is 0 Å². The Labute approximate surface area is 163 Å². The topological polar surface area (TPSA) is 88.1 Å². The van der Waals surface area contributed by atoms with Crippen LogP contribution >= 0.6 is 0 Å². The van der Waals surface area contributed by atoms with Crippen LogP contribution < -0.4 is 10.1 Å². The highest BCUT2D eigenvalue weighted by Gasteiger charge is 2.35. The molecule has 0 spiro atoms. The molecule has 1 amide bonds. The average Bonchev–Trinajstić information content (AvgIpc) is 3.00. The number of hydrogen-bond donors (Lipinski definition) is 2. The fraction of sp³-hybridized carbons (Fsp3) is 0.500. The van der Waals surface area contributed by atoms with E-state index >= 15 is 0 Å². The van der Waals surface area contributed by atoms with E-state index in [1.807, 2.05) is 0 Å². The van der Waals surface area contributed by atoms with E-state index < -0.39 is 17.7 Å². The van der Waals surface area contributed by atoms with Gasteiger partial charge in [0.25, 0.3) is 5.91 Å². The summed E-state index contributed by atoms with van der Waals surface area (Å²) >= 11 is 0. The molecular formula is C20H25FN2O5. The second-order valence-corrected chi connectivity index (χ2v) is 6.94. The molecule has 1 heterocycles. The fourth-order valence-corrected chi connectivity index (χ4v) is 3.55. The van der Waals surface area contributed by atoms with E-state index in [2.05, 4.69) is 5.32 Å². The fourth-order valence-electron chi connectivity index (χ4n) is 3.55. The molecule has 0 unspecified atom stereocenters. The molecule has 2 N–H and O–H groups in total. The van der Waals surface area contributed by atoms with Crippen LogP contribution in [0.2, 0.25) is 0 Å². The number of nitrogens with one attached hydrogen (secondary N) is 1. The van der Waals surface area contributed by atoms with Gasteiger partial charge in [0.15, 0.2) is 0 Å². The maximum Gasteiger partial charge on any atom is 0.337 e. The second-order valence-electron chi connectivity index (χ2n) is 6.94. The Hall–Kier alpha value is -2.61. The van der Waals surface area contributed by atoms with Crippen LogP contribution in [0.5, 0.6) is 5.75 Å². The third-order valence-electron chi connectivity index (χ3n) is 5.00. The van der Waals surface area contributed by atoms with Gasteiger partial charge in [-0.1, -0.05) is 6.42 Å². The summed E-state index contributed by atoms with van der Waals surface area (Å²) in [5.41, 5.74) is 0.425. The molecule has 3 rings (SSSR count). The predicted molar refractivity (Wildman–Crippen MR) is 100 cm³/mol. The molecule has 1 fully saturated rings. The van der Waals surface area contributed by atoms with Crippen LogP contribution in [0, 0.1) is 5.82 Å². The minimum Gasteiger partial charge on any atom is -0.488 e. The number of β-amino-alcohol motifs (C(OH)–C–C–N with tert-alkyl or cyclic N) is 1. The van der Waals surface area contributed by atoms with Crippen molar-refractivity contribution < 1.29 is 28.6 Å². The number of ether oxygens (including phenoxy) is 2. The number of halogens is 1. The highest BCUT2D eigenvalue weighted by molar-refractivity contribution is 6.08. The molecule has 1 aromatic carbocycles. The molecule has 1 saturated carbocycles. The number of esters is 1. The number of rotatable bonds is 7. The number of benzene rings is 1. The van der Waals surface area contributed by atoms with Crippen molar-refractivity contribution in [2.24, 2.45) is 0 Å². The van der Waals surface area contributed by atoms with Crippen molar-refractivity contribution in [3.05, 3.63) is 35.3 Å². The van der Waals surface area contributed by atoms with Crippen LogP contribution in [-0.2, 0) is 14.3 Å². The zero-order valence-corrected chi connectivity index (χ0v) is 15.9. The van der Waals surface area contributed by atoms with Gasteiger partial charge in [0.2, 0.25) is 0 Å². The Morgan fingerprint density at radius 3 is 2.75 bits per heavy atom. The summed E-state index contributed by atoms with van der Waals surface area (Å²) in [5.74, 6) is -1.17. The van der Waals surface area contributed by atoms with Gasteiger partial charge in [0, 0.05) is 12.6 Å². The van der Waals surface area contributed by atoms with Crippen LogP contribution in [-0.4, -0.2) is 54.8 Å². The average molecular weight is 392 g/mol. The molecule has 0 saturated heterocycles. The summed E-state index contributed by atoms with van der Waals surface area (Å²) < 4.78 is 24.7. The Balaban J connectivity index is 1.88. The molecule has 0 radical (unpaired) electrons. The van der Waals surface area contributed by atoms with Crippen molar-refractivity contribution in [3.63, 3.8) is 0 Å². The minimum absolute atomic E-state index is 0.0133. The summed E-state index contributed by atoms with van der Waals surface area (Å²) in [7, 11) is 1.23. The number of methoxy groups -OCH3 is 1. The van der Waals surface area contributed by atoms with E-state index in [0.717, 1.165) is 25.7 Å². The maximum atomic E-state index is 13.9. The molecule has 1 aromatic rings. The number of aliphatic hydroxyl groups is 1. The van der Waals surface area contributed by atoms with Gasteiger partial charge >= 0.3 is 5.97 Å². The van der Waals surface area contributed by atoms with Crippen LogP contribution in [0.4, 0.5) is 10.1 Å². The number of carbonyl (C=O) groups excluding carboxylic acids is 2. The lowest BCUT2D eigenvalue weighted by Gasteiger charge is -2.24. The Morgan fingerprint density at radius 2 is 2.07 bits per heavy atom. The molecule has 2 aliphatic rings. The van der Waals surface area contributed by atoms with Crippen LogP contribution in [0.15, 0.2) is 29.5 Å². The monoisotopic (exact) mass is 392 g/mol. The molecule has 152 valence electrons. The highest BCUT2D eigenvalue weighted by atomic mass is 19.1. The molecule has 0 atom stereocenters. The maximum absolute atomic E-state index is 13.9. The second kappa shape index (κ2) is 9.05. The Kier molecular flexibility index (Phi) is 6.51. The zero-order chi connectivity index (χ0) is 20.1. The van der Waals surface area contributed by atoms with Gasteiger partial charge in [0.05, 0.1) is 37.6 Å². The number of nitrogens with zero attached hydrogens (tertiary/aromatic N) is 1. The molecular weight excluding hydrogens is 367 g/mol. The summed E-state index contributed by atoms with van der Waals surface area (Å²) in [4.78, 5) is 26.1. The lowest BCUT2D eigenvalue weighted by atomic mass is 9.98. The third-order valence-corrected chi connectivity index (χ3v) is 5.00. The lowest BCUT2D eigenvalue weighted by Crippen LogP contribution is -2.31. The van der Waals surface area contributed by atoms with E-state index in [1.54, 1.807) is 0 Å². The molecule has 7 nitrogen and oxygen atoms in total. The molecule has 0 aromatic heterocycles. The number of aliphatic hydroxyl groups excluding tert-OH is 1. The van der Waals surface area contributed by atoms with Gasteiger partial charge < -0.3 is 24.8 Å². The van der Waals surface area contributed by atoms with Gasteiger partial charge in [-0.2, -0.15) is 0 Å². The van der Waals surface area contributed by atoms with Crippen molar-refractivity contribution in [1.29, 1.82) is 0 Å². The Bertz CT molecular complexity index is 774. The molecule has 0 bridgehead atoms. The van der Waals surface area contributed by atoms with E-state index in [-0.39, 0.29) is 42.8 Å². The van der Waals surface area contributed by atoms with Crippen molar-refractivity contribution in [2.75, 3.05) is 32.1 Å². The summed E-state index contributed by atoms with van der Waals surface area (Å²) in [5, 5.41) is 12.0. The quantitative estimate of drug-likeness (QED) is 0.692. The summed E-state index contributed by atoms with van der Waals surface area (Å²) in [6.45, 7) is -0.134. The lowest BCUT2D eigenvalue weighted by molar-refractivity contribution is -0.136. The molecule has 8 heteroatoms. The number of anilines is 1. The number of hydrogen-bond acceptors (Lipinski definition) is 6. The minimum atomic E-state index is -0.651. The van der Waals surface area contributed by atoms with Crippen molar-refractivity contribution in [3.8, 4) is 5.75 Å². The van der Waals surface area contributed by atoms with Crippen LogP contribution in [0.25, 0.3) is 0 Å². The zero-order valence-electron chi connectivity index (χ0n) is 15.9. The number of amides is 1. The first-order chi connectivity index (χ1) is 13.5. The highest BCUT2D eigenvalue weighted by Crippen LogP contribution is 2.32. The standard InChI is InChI=1S/C20H25FN2O5/c1-27-20(26)15-12-23(9-10-24)19(25)18(15)22-16-11-13(21)7-8-17(16)28-14-5-3-2-4-6-14/h7-8,11,14,22,24H,2-6,9-10,12H2,1H3. The number of carbonyl (C=O) groups is 2. The van der Waals surface area contributed by atoms with E-state index in [1.165, 1.54) is 36.6 Å². The first-order valence-electron chi connectivity index (χ1n) is 9.48. The van der Waals surface area contributed by atoms with Gasteiger partial charge in [-0.05, 0) is 37.8 Å². The smallest absolute Gasteiger partial charge is 0.337 e.